The molecule has 0 spiro atoms. The van der Waals surface area contributed by atoms with Crippen molar-refractivity contribution >= 4 is 46.5 Å². The third kappa shape index (κ3) is 5.46. The Morgan fingerprint density at radius 1 is 1.19 bits per heavy atom. The molecule has 0 aliphatic carbocycles. The van der Waals surface area contributed by atoms with E-state index in [1.165, 1.54) is 21.5 Å². The van der Waals surface area contributed by atoms with E-state index in [9.17, 15) is 0 Å². The molecule has 2 rings (SSSR count). The van der Waals surface area contributed by atoms with E-state index in [-0.39, 0.29) is 0 Å². The zero-order valence-corrected chi connectivity index (χ0v) is 15.0. The lowest BCUT2D eigenvalue weighted by Crippen LogP contribution is -2.09. The van der Waals surface area contributed by atoms with Gasteiger partial charge in [-0.1, -0.05) is 0 Å². The summed E-state index contributed by atoms with van der Waals surface area (Å²) in [5, 5.41) is 6.34. The second-order valence-corrected chi connectivity index (χ2v) is 7.68. The Morgan fingerprint density at radius 2 is 1.95 bits per heavy atom. The second kappa shape index (κ2) is 8.57. The number of hydrogen-bond donors (Lipinski definition) is 2. The summed E-state index contributed by atoms with van der Waals surface area (Å²) in [5.74, 6) is 3.82. The smallest absolute Gasteiger partial charge is 0.184 e. The monoisotopic (exact) mass is 343 g/mol. The van der Waals surface area contributed by atoms with Crippen LogP contribution in [0, 0.1) is 0 Å². The number of nitrogens with zero attached hydrogens (tertiary/aromatic N) is 3. The minimum Gasteiger partial charge on any atom is -0.369 e. The van der Waals surface area contributed by atoms with E-state index in [2.05, 4.69) is 50.5 Å². The van der Waals surface area contributed by atoms with Crippen LogP contribution in [0.3, 0.4) is 0 Å². The maximum absolute atomic E-state index is 4.22. The average molecular weight is 344 g/mol. The van der Waals surface area contributed by atoms with Gasteiger partial charge in [-0.15, -0.1) is 11.3 Å². The zero-order chi connectivity index (χ0) is 15.1. The molecule has 2 heterocycles. The lowest BCUT2D eigenvalue weighted by atomic mass is 10.4. The summed E-state index contributed by atoms with van der Waals surface area (Å²) in [5.41, 5.74) is 0. The number of anilines is 2. The highest BCUT2D eigenvalue weighted by molar-refractivity contribution is 7.98. The van der Waals surface area contributed by atoms with E-state index in [1.54, 1.807) is 0 Å². The van der Waals surface area contributed by atoms with Gasteiger partial charge in [0.25, 0.3) is 0 Å². The Labute approximate surface area is 138 Å². The van der Waals surface area contributed by atoms with Gasteiger partial charge in [0.1, 0.15) is 0 Å². The summed E-state index contributed by atoms with van der Waals surface area (Å²) >= 11 is 5.08. The van der Waals surface area contributed by atoms with Crippen LogP contribution in [0.4, 0.5) is 11.6 Å². The van der Waals surface area contributed by atoms with Crippen LogP contribution < -0.4 is 10.6 Å². The van der Waals surface area contributed by atoms with Gasteiger partial charge in [-0.05, 0) is 26.2 Å². The molecule has 0 saturated carbocycles. The molecular formula is C13H21N5S3. The first-order valence-electron chi connectivity index (χ1n) is 6.73. The fourth-order valence-corrected chi connectivity index (χ4v) is 4.42. The Kier molecular flexibility index (Phi) is 6.75. The van der Waals surface area contributed by atoms with Gasteiger partial charge in [-0.25, -0.2) is 0 Å². The highest BCUT2D eigenvalue weighted by Gasteiger charge is 2.05. The maximum atomic E-state index is 4.22. The van der Waals surface area contributed by atoms with Crippen LogP contribution in [0.1, 0.15) is 9.75 Å². The first kappa shape index (κ1) is 16.5. The fraction of sp³-hybridized carbons (Fsp3) is 0.538. The molecule has 2 aromatic rings. The van der Waals surface area contributed by atoms with Crippen molar-refractivity contribution in [2.75, 3.05) is 44.1 Å². The van der Waals surface area contributed by atoms with Gasteiger partial charge in [0.15, 0.2) is 11.6 Å². The van der Waals surface area contributed by atoms with Crippen molar-refractivity contribution in [3.63, 3.8) is 0 Å². The molecule has 0 bridgehead atoms. The molecule has 0 saturated heterocycles. The molecule has 5 nitrogen and oxygen atoms in total. The molecule has 116 valence electrons. The van der Waals surface area contributed by atoms with Gasteiger partial charge in [0, 0.05) is 41.4 Å². The normalized spacial score (nSPS) is 11.0. The predicted molar refractivity (Wildman–Crippen MR) is 95.8 cm³/mol. The topological polar surface area (TPSA) is 53.1 Å². The van der Waals surface area contributed by atoms with Gasteiger partial charge in [-0.2, -0.15) is 20.5 Å². The third-order valence-electron chi connectivity index (χ3n) is 2.70. The van der Waals surface area contributed by atoms with Crippen molar-refractivity contribution in [1.29, 1.82) is 0 Å². The lowest BCUT2D eigenvalue weighted by Gasteiger charge is -2.06. The highest BCUT2D eigenvalue weighted by atomic mass is 32.2. The van der Waals surface area contributed by atoms with Crippen molar-refractivity contribution in [2.45, 2.75) is 12.3 Å². The van der Waals surface area contributed by atoms with Gasteiger partial charge in [-0.3, -0.25) is 0 Å². The number of thiophene rings is 1. The molecule has 21 heavy (non-hydrogen) atoms. The van der Waals surface area contributed by atoms with E-state index >= 15 is 0 Å². The van der Waals surface area contributed by atoms with Crippen LogP contribution in [0.25, 0.3) is 0 Å². The molecule has 0 radical (unpaired) electrons. The number of thioether (sulfide) groups is 1. The first-order chi connectivity index (χ1) is 10.2. The summed E-state index contributed by atoms with van der Waals surface area (Å²) in [7, 11) is 6.07. The number of hydrogen-bond acceptors (Lipinski definition) is 8. The van der Waals surface area contributed by atoms with Crippen molar-refractivity contribution in [3.8, 4) is 0 Å². The van der Waals surface area contributed by atoms with Gasteiger partial charge in [0.2, 0.25) is 0 Å². The minimum atomic E-state index is 0.830. The predicted octanol–water partition coefficient (Wildman–Crippen LogP) is 3.05. The standard InChI is InChI=1S/C13H21N5S3/c1-14-12-13(17-21-16-12)15-6-7-19-9-11-5-4-10(20-11)8-18(2)3/h4-5H,6-9H2,1-3H3,(H,14,16)(H,15,17). The quantitative estimate of drug-likeness (QED) is 0.683. The number of nitrogens with one attached hydrogen (secondary N) is 2. The molecule has 2 aromatic heterocycles. The molecule has 0 atom stereocenters. The Balaban J connectivity index is 1.64. The summed E-state index contributed by atoms with van der Waals surface area (Å²) in [6, 6.07) is 4.48. The first-order valence-corrected chi connectivity index (χ1v) is 9.43. The molecule has 0 fully saturated rings. The van der Waals surface area contributed by atoms with E-state index in [4.69, 9.17) is 0 Å². The maximum Gasteiger partial charge on any atom is 0.184 e. The summed E-state index contributed by atoms with van der Waals surface area (Å²) in [4.78, 5) is 5.08. The summed E-state index contributed by atoms with van der Waals surface area (Å²) in [6.45, 7) is 1.93. The zero-order valence-electron chi connectivity index (χ0n) is 12.5. The summed E-state index contributed by atoms with van der Waals surface area (Å²) in [6.07, 6.45) is 0. The van der Waals surface area contributed by atoms with E-state index < -0.39 is 0 Å². The fourth-order valence-electron chi connectivity index (χ4n) is 1.78. The highest BCUT2D eigenvalue weighted by Crippen LogP contribution is 2.23. The van der Waals surface area contributed by atoms with E-state index in [0.29, 0.717) is 0 Å². The molecule has 0 aliphatic heterocycles. The average Bonchev–Trinajstić information content (AvgIpc) is 3.07. The second-order valence-electron chi connectivity index (χ2n) is 4.80. The molecule has 0 aromatic carbocycles. The largest absolute Gasteiger partial charge is 0.369 e. The molecule has 0 amide bonds. The van der Waals surface area contributed by atoms with Gasteiger partial charge < -0.3 is 15.5 Å². The van der Waals surface area contributed by atoms with Crippen LogP contribution in [0.5, 0.6) is 0 Å². The van der Waals surface area contributed by atoms with E-state index in [0.717, 1.165) is 36.2 Å². The SMILES string of the molecule is CNc1nsnc1NCCSCc1ccc(CN(C)C)s1. The molecule has 0 aliphatic rings. The van der Waals surface area contributed by atoms with Crippen molar-refractivity contribution in [2.24, 2.45) is 0 Å². The lowest BCUT2D eigenvalue weighted by molar-refractivity contribution is 0.406. The molecule has 2 N–H and O–H groups in total. The molecular weight excluding hydrogens is 322 g/mol. The van der Waals surface area contributed by atoms with Crippen molar-refractivity contribution in [3.05, 3.63) is 21.9 Å². The summed E-state index contributed by atoms with van der Waals surface area (Å²) < 4.78 is 8.37. The van der Waals surface area contributed by atoms with Gasteiger partial charge >= 0.3 is 0 Å². The Morgan fingerprint density at radius 3 is 2.71 bits per heavy atom. The van der Waals surface area contributed by atoms with Crippen LogP contribution in [0.15, 0.2) is 12.1 Å². The van der Waals surface area contributed by atoms with Crippen LogP contribution in [-0.4, -0.2) is 47.1 Å². The number of rotatable bonds is 9. The van der Waals surface area contributed by atoms with Crippen molar-refractivity contribution in [1.82, 2.24) is 13.6 Å². The van der Waals surface area contributed by atoms with Crippen molar-refractivity contribution < 1.29 is 0 Å². The Bertz CT molecular complexity index is 537. The van der Waals surface area contributed by atoms with Crippen LogP contribution >= 0.6 is 34.8 Å². The molecule has 8 heteroatoms. The van der Waals surface area contributed by atoms with Crippen LogP contribution in [-0.2, 0) is 12.3 Å². The number of aromatic nitrogens is 2. The van der Waals surface area contributed by atoms with E-state index in [1.807, 2.05) is 30.1 Å². The van der Waals surface area contributed by atoms with Crippen LogP contribution in [0.2, 0.25) is 0 Å². The third-order valence-corrected chi connectivity index (χ3v) is 5.49. The molecule has 0 unspecified atom stereocenters. The Hall–Kier alpha value is -0.830. The minimum absolute atomic E-state index is 0.830. The van der Waals surface area contributed by atoms with Gasteiger partial charge in [0.05, 0.1) is 11.7 Å².